The van der Waals surface area contributed by atoms with E-state index in [2.05, 4.69) is 5.32 Å². The number of nitrogens with one attached hydrogen (secondary N) is 1. The second-order valence-electron chi connectivity index (χ2n) is 5.47. The highest BCUT2D eigenvalue weighted by atomic mass is 16.5. The predicted molar refractivity (Wildman–Crippen MR) is 77.4 cm³/mol. The fourth-order valence-electron chi connectivity index (χ4n) is 2.19. The minimum Gasteiger partial charge on any atom is -0.378 e. The van der Waals surface area contributed by atoms with E-state index < -0.39 is 6.04 Å². The van der Waals surface area contributed by atoms with Gasteiger partial charge in [-0.2, -0.15) is 0 Å². The lowest BCUT2D eigenvalue weighted by atomic mass is 10.0. The lowest BCUT2D eigenvalue weighted by Crippen LogP contribution is -2.62. The Labute approximate surface area is 121 Å². The number of carbonyl (C=O) groups excluding carboxylic acids is 2. The third kappa shape index (κ3) is 4.76. The molecule has 6 nitrogen and oxygen atoms in total. The molecule has 116 valence electrons. The molecule has 1 fully saturated rings. The summed E-state index contributed by atoms with van der Waals surface area (Å²) in [6.45, 7) is 6.19. The molecule has 0 bridgehead atoms. The first kappa shape index (κ1) is 16.9. The largest absolute Gasteiger partial charge is 0.378 e. The first-order valence-corrected chi connectivity index (χ1v) is 7.30. The Hall–Kier alpha value is -1.14. The van der Waals surface area contributed by atoms with Crippen LogP contribution in [-0.4, -0.2) is 74.1 Å². The van der Waals surface area contributed by atoms with Crippen LogP contribution in [0.15, 0.2) is 0 Å². The normalized spacial score (nSPS) is 23.4. The molecule has 0 aliphatic carbocycles. The van der Waals surface area contributed by atoms with Crippen molar-refractivity contribution >= 4 is 11.8 Å². The van der Waals surface area contributed by atoms with Crippen LogP contribution in [-0.2, 0) is 14.3 Å². The summed E-state index contributed by atoms with van der Waals surface area (Å²) in [6, 6.07) is -0.779. The molecule has 0 aromatic carbocycles. The van der Waals surface area contributed by atoms with E-state index >= 15 is 0 Å². The van der Waals surface area contributed by atoms with Crippen LogP contribution in [0.2, 0.25) is 0 Å². The average Bonchev–Trinajstić information content (AvgIpc) is 2.39. The summed E-state index contributed by atoms with van der Waals surface area (Å²) in [5.74, 6) is -0.0634. The van der Waals surface area contributed by atoms with Crippen molar-refractivity contribution in [1.29, 1.82) is 0 Å². The Morgan fingerprint density at radius 2 is 2.00 bits per heavy atom. The van der Waals surface area contributed by atoms with E-state index in [1.807, 2.05) is 25.9 Å². The lowest BCUT2D eigenvalue weighted by Gasteiger charge is -2.37. The Bertz CT molecular complexity index is 334. The van der Waals surface area contributed by atoms with Crippen LogP contribution in [0.1, 0.15) is 26.7 Å². The van der Waals surface area contributed by atoms with Gasteiger partial charge in [0.15, 0.2) is 0 Å². The van der Waals surface area contributed by atoms with Crippen molar-refractivity contribution in [1.82, 2.24) is 15.1 Å². The predicted octanol–water partition coefficient (Wildman–Crippen LogP) is 0.0802. The molecule has 1 heterocycles. The van der Waals surface area contributed by atoms with E-state index in [1.54, 1.807) is 11.8 Å². The van der Waals surface area contributed by atoms with Crippen LogP contribution >= 0.6 is 0 Å². The van der Waals surface area contributed by atoms with Gasteiger partial charge in [-0.3, -0.25) is 9.59 Å². The number of ether oxygens (including phenoxy) is 1. The molecule has 0 aromatic heterocycles. The summed E-state index contributed by atoms with van der Waals surface area (Å²) in [6.07, 6.45) is 1.56. The fraction of sp³-hybridized carbons (Fsp3) is 0.857. The molecule has 0 aromatic rings. The van der Waals surface area contributed by atoms with Crippen LogP contribution in [0, 0.1) is 0 Å². The van der Waals surface area contributed by atoms with Gasteiger partial charge in [0.05, 0.1) is 13.2 Å². The van der Waals surface area contributed by atoms with E-state index in [-0.39, 0.29) is 17.9 Å². The van der Waals surface area contributed by atoms with Crippen molar-refractivity contribution in [3.05, 3.63) is 0 Å². The fourth-order valence-corrected chi connectivity index (χ4v) is 2.19. The summed E-state index contributed by atoms with van der Waals surface area (Å²) in [5, 5.41) is 2.79. The van der Waals surface area contributed by atoms with Gasteiger partial charge in [-0.1, -0.05) is 13.3 Å². The zero-order valence-electron chi connectivity index (χ0n) is 13.0. The zero-order valence-corrected chi connectivity index (χ0v) is 13.0. The molecular formula is C14H27N3O3. The van der Waals surface area contributed by atoms with Gasteiger partial charge in [0.1, 0.15) is 12.1 Å². The van der Waals surface area contributed by atoms with Crippen LogP contribution < -0.4 is 5.32 Å². The van der Waals surface area contributed by atoms with Gasteiger partial charge >= 0.3 is 0 Å². The molecule has 6 heteroatoms. The highest BCUT2D eigenvalue weighted by molar-refractivity contribution is 5.96. The smallest absolute Gasteiger partial charge is 0.245 e. The Kier molecular flexibility index (Phi) is 6.95. The monoisotopic (exact) mass is 285 g/mol. The van der Waals surface area contributed by atoms with Gasteiger partial charge in [-0.25, -0.2) is 0 Å². The van der Waals surface area contributed by atoms with Gasteiger partial charge in [0.2, 0.25) is 11.8 Å². The van der Waals surface area contributed by atoms with E-state index in [0.29, 0.717) is 26.2 Å². The van der Waals surface area contributed by atoms with E-state index in [0.717, 1.165) is 13.0 Å². The third-order valence-corrected chi connectivity index (χ3v) is 3.48. The molecule has 1 aliphatic rings. The number of nitrogens with zero attached hydrogens (tertiary/aromatic N) is 2. The number of carbonyl (C=O) groups is 2. The van der Waals surface area contributed by atoms with E-state index in [9.17, 15) is 9.59 Å². The molecular weight excluding hydrogens is 258 g/mol. The molecule has 1 rings (SSSR count). The standard InChI is InChI=1S/C14H27N3O3/c1-5-6-12-14(19)17(11(2)13(18)15-12)8-10-20-9-7-16(3)4/h11-12H,5-10H2,1-4H3,(H,15,18). The minimum atomic E-state index is -0.409. The number of likely N-dealkylation sites (N-methyl/N-ethyl adjacent to an activating group) is 1. The molecule has 1 N–H and O–H groups in total. The van der Waals surface area contributed by atoms with Gasteiger partial charge in [0, 0.05) is 13.1 Å². The Balaban J connectivity index is 2.44. The molecule has 20 heavy (non-hydrogen) atoms. The number of piperazine rings is 1. The Morgan fingerprint density at radius 1 is 1.30 bits per heavy atom. The molecule has 2 atom stereocenters. The summed E-state index contributed by atoms with van der Waals surface area (Å²) >= 11 is 0. The maximum Gasteiger partial charge on any atom is 0.245 e. The summed E-state index contributed by atoms with van der Waals surface area (Å²) < 4.78 is 5.51. The SMILES string of the molecule is CCCC1NC(=O)C(C)N(CCOCCN(C)C)C1=O. The van der Waals surface area contributed by atoms with Gasteiger partial charge in [-0.05, 0) is 27.4 Å². The van der Waals surface area contributed by atoms with Gasteiger partial charge in [-0.15, -0.1) is 0 Å². The number of amides is 2. The van der Waals surface area contributed by atoms with Crippen LogP contribution in [0.4, 0.5) is 0 Å². The van der Waals surface area contributed by atoms with Crippen LogP contribution in [0.5, 0.6) is 0 Å². The molecule has 2 amide bonds. The maximum absolute atomic E-state index is 12.3. The number of hydrogen-bond acceptors (Lipinski definition) is 4. The molecule has 2 unspecified atom stereocenters. The maximum atomic E-state index is 12.3. The quantitative estimate of drug-likeness (QED) is 0.642. The molecule has 0 spiro atoms. The van der Waals surface area contributed by atoms with Gasteiger partial charge < -0.3 is 19.9 Å². The van der Waals surface area contributed by atoms with Crippen LogP contribution in [0.25, 0.3) is 0 Å². The average molecular weight is 285 g/mol. The van der Waals surface area contributed by atoms with Crippen molar-refractivity contribution in [3.63, 3.8) is 0 Å². The topological polar surface area (TPSA) is 61.9 Å². The van der Waals surface area contributed by atoms with Crippen LogP contribution in [0.3, 0.4) is 0 Å². The molecule has 0 radical (unpaired) electrons. The second kappa shape index (κ2) is 8.21. The minimum absolute atomic E-state index is 0.00941. The van der Waals surface area contributed by atoms with Crippen molar-refractivity contribution in [2.75, 3.05) is 40.4 Å². The van der Waals surface area contributed by atoms with E-state index in [4.69, 9.17) is 4.74 Å². The van der Waals surface area contributed by atoms with Crippen molar-refractivity contribution in [2.45, 2.75) is 38.8 Å². The third-order valence-electron chi connectivity index (χ3n) is 3.48. The van der Waals surface area contributed by atoms with Crippen molar-refractivity contribution in [2.24, 2.45) is 0 Å². The van der Waals surface area contributed by atoms with Crippen molar-refractivity contribution in [3.8, 4) is 0 Å². The molecule has 0 saturated carbocycles. The lowest BCUT2D eigenvalue weighted by molar-refractivity contribution is -0.149. The first-order chi connectivity index (χ1) is 9.47. The summed E-state index contributed by atoms with van der Waals surface area (Å²) in [4.78, 5) is 27.8. The number of hydrogen-bond donors (Lipinski definition) is 1. The first-order valence-electron chi connectivity index (χ1n) is 7.30. The summed E-state index contributed by atoms with van der Waals surface area (Å²) in [5.41, 5.74) is 0. The van der Waals surface area contributed by atoms with E-state index in [1.165, 1.54) is 0 Å². The van der Waals surface area contributed by atoms with Gasteiger partial charge in [0.25, 0.3) is 0 Å². The Morgan fingerprint density at radius 3 is 2.60 bits per heavy atom. The highest BCUT2D eigenvalue weighted by Gasteiger charge is 2.37. The zero-order chi connectivity index (χ0) is 15.1. The summed E-state index contributed by atoms with van der Waals surface area (Å²) in [7, 11) is 3.97. The second-order valence-corrected chi connectivity index (χ2v) is 5.47. The molecule has 1 saturated heterocycles. The molecule has 1 aliphatic heterocycles. The van der Waals surface area contributed by atoms with Crippen molar-refractivity contribution < 1.29 is 14.3 Å². The number of rotatable bonds is 8. The highest BCUT2D eigenvalue weighted by Crippen LogP contribution is 2.12.